The molecule has 0 radical (unpaired) electrons. The third kappa shape index (κ3) is 3.40. The van der Waals surface area contributed by atoms with Crippen LogP contribution in [0.4, 0.5) is 5.82 Å². The molecule has 1 amide bonds. The lowest BCUT2D eigenvalue weighted by Gasteiger charge is -2.16. The van der Waals surface area contributed by atoms with Gasteiger partial charge in [0.15, 0.2) is 11.6 Å². The Balaban J connectivity index is 1.92. The van der Waals surface area contributed by atoms with Crippen molar-refractivity contribution in [3.05, 3.63) is 17.7 Å². The molecular formula is C12H18N6O2. The molecule has 2 heterocycles. The molecule has 20 heavy (non-hydrogen) atoms. The molecule has 0 saturated heterocycles. The summed E-state index contributed by atoms with van der Waals surface area (Å²) < 4.78 is 6.52. The predicted octanol–water partition coefficient (Wildman–Crippen LogP) is 1.30. The Kier molecular flexibility index (Phi) is 3.82. The second-order valence-electron chi connectivity index (χ2n) is 5.60. The molecule has 0 bridgehead atoms. The van der Waals surface area contributed by atoms with Crippen molar-refractivity contribution in [2.75, 3.05) is 5.32 Å². The molecule has 1 N–H and O–H groups in total. The molecule has 2 aromatic rings. The average Bonchev–Trinajstić information content (AvgIpc) is 2.94. The SMILES string of the molecule is Cc1cc(NC(=O)CCn2nnnc2C(C)(C)C)no1. The fraction of sp³-hybridized carbons (Fsp3) is 0.583. The van der Waals surface area contributed by atoms with Gasteiger partial charge < -0.3 is 9.84 Å². The number of aryl methyl sites for hydroxylation is 2. The van der Waals surface area contributed by atoms with Crippen molar-refractivity contribution in [1.82, 2.24) is 25.4 Å². The van der Waals surface area contributed by atoms with Gasteiger partial charge in [0.25, 0.3) is 0 Å². The maximum Gasteiger partial charge on any atom is 0.227 e. The first-order chi connectivity index (χ1) is 9.36. The Labute approximate surface area is 116 Å². The van der Waals surface area contributed by atoms with Crippen molar-refractivity contribution in [1.29, 1.82) is 0 Å². The summed E-state index contributed by atoms with van der Waals surface area (Å²) >= 11 is 0. The van der Waals surface area contributed by atoms with Crippen LogP contribution in [0.3, 0.4) is 0 Å². The van der Waals surface area contributed by atoms with Gasteiger partial charge in [-0.3, -0.25) is 4.79 Å². The molecule has 2 aromatic heterocycles. The fourth-order valence-corrected chi connectivity index (χ4v) is 1.73. The van der Waals surface area contributed by atoms with Crippen LogP contribution < -0.4 is 5.32 Å². The molecule has 0 aliphatic heterocycles. The number of nitrogens with zero attached hydrogens (tertiary/aromatic N) is 5. The van der Waals surface area contributed by atoms with E-state index in [4.69, 9.17) is 4.52 Å². The van der Waals surface area contributed by atoms with Crippen LogP contribution in [0.5, 0.6) is 0 Å². The van der Waals surface area contributed by atoms with Gasteiger partial charge in [-0.2, -0.15) is 0 Å². The van der Waals surface area contributed by atoms with E-state index in [-0.39, 0.29) is 17.7 Å². The van der Waals surface area contributed by atoms with Gasteiger partial charge in [-0.1, -0.05) is 25.9 Å². The number of carbonyl (C=O) groups excluding carboxylic acids is 1. The third-order valence-electron chi connectivity index (χ3n) is 2.65. The molecule has 108 valence electrons. The van der Waals surface area contributed by atoms with Gasteiger partial charge in [0.1, 0.15) is 5.76 Å². The minimum atomic E-state index is -0.163. The zero-order valence-electron chi connectivity index (χ0n) is 12.0. The van der Waals surface area contributed by atoms with Gasteiger partial charge in [-0.25, -0.2) is 4.68 Å². The molecule has 0 atom stereocenters. The first kappa shape index (κ1) is 14.2. The van der Waals surface area contributed by atoms with Crippen LogP contribution >= 0.6 is 0 Å². The van der Waals surface area contributed by atoms with Gasteiger partial charge in [0.05, 0.1) is 6.54 Å². The van der Waals surface area contributed by atoms with Crippen LogP contribution in [0.2, 0.25) is 0 Å². The highest BCUT2D eigenvalue weighted by Crippen LogP contribution is 2.18. The van der Waals surface area contributed by atoms with Crippen molar-refractivity contribution in [3.8, 4) is 0 Å². The van der Waals surface area contributed by atoms with E-state index in [0.29, 0.717) is 18.1 Å². The molecule has 2 rings (SSSR count). The summed E-state index contributed by atoms with van der Waals surface area (Å²) in [6, 6.07) is 1.66. The van der Waals surface area contributed by atoms with E-state index in [9.17, 15) is 4.79 Å². The number of carbonyl (C=O) groups is 1. The number of hydrogen-bond donors (Lipinski definition) is 1. The minimum absolute atomic E-state index is 0.159. The Morgan fingerprint density at radius 1 is 1.45 bits per heavy atom. The smallest absolute Gasteiger partial charge is 0.227 e. The van der Waals surface area contributed by atoms with Crippen LogP contribution in [0, 0.1) is 6.92 Å². The Hall–Kier alpha value is -2.25. The fourth-order valence-electron chi connectivity index (χ4n) is 1.73. The zero-order chi connectivity index (χ0) is 14.8. The van der Waals surface area contributed by atoms with E-state index in [1.807, 2.05) is 20.8 Å². The van der Waals surface area contributed by atoms with Crippen LogP contribution in [-0.2, 0) is 16.8 Å². The molecule has 8 nitrogen and oxygen atoms in total. The van der Waals surface area contributed by atoms with Crippen molar-refractivity contribution in [2.24, 2.45) is 0 Å². The molecule has 0 aliphatic rings. The Morgan fingerprint density at radius 3 is 2.80 bits per heavy atom. The Bertz CT molecular complexity index is 595. The zero-order valence-corrected chi connectivity index (χ0v) is 12.0. The summed E-state index contributed by atoms with van der Waals surface area (Å²) in [7, 11) is 0. The first-order valence-electron chi connectivity index (χ1n) is 6.36. The second-order valence-corrected chi connectivity index (χ2v) is 5.60. The topological polar surface area (TPSA) is 98.7 Å². The lowest BCUT2D eigenvalue weighted by atomic mass is 9.96. The Morgan fingerprint density at radius 2 is 2.20 bits per heavy atom. The first-order valence-corrected chi connectivity index (χ1v) is 6.36. The molecule has 0 aromatic carbocycles. The summed E-state index contributed by atoms with van der Waals surface area (Å²) in [4.78, 5) is 11.8. The highest BCUT2D eigenvalue weighted by Gasteiger charge is 2.22. The molecule has 0 saturated carbocycles. The maximum atomic E-state index is 11.8. The number of rotatable bonds is 4. The van der Waals surface area contributed by atoms with Crippen LogP contribution in [0.1, 0.15) is 38.8 Å². The van der Waals surface area contributed by atoms with Crippen molar-refractivity contribution < 1.29 is 9.32 Å². The molecule has 0 spiro atoms. The van der Waals surface area contributed by atoms with E-state index in [2.05, 4.69) is 26.0 Å². The standard InChI is InChI=1S/C12H18N6O2/c1-8-7-9(15-20-8)13-10(19)5-6-18-11(12(2,3)4)14-16-17-18/h7H,5-6H2,1-4H3,(H,13,15,19). The second kappa shape index (κ2) is 5.40. The summed E-state index contributed by atoms with van der Waals surface area (Å²) in [6.07, 6.45) is 0.264. The normalized spacial score (nSPS) is 11.6. The van der Waals surface area contributed by atoms with Crippen LogP contribution in [0.25, 0.3) is 0 Å². The van der Waals surface area contributed by atoms with Crippen LogP contribution in [-0.4, -0.2) is 31.3 Å². The lowest BCUT2D eigenvalue weighted by molar-refractivity contribution is -0.116. The van der Waals surface area contributed by atoms with Crippen LogP contribution in [0.15, 0.2) is 10.6 Å². The maximum absolute atomic E-state index is 11.8. The summed E-state index contributed by atoms with van der Waals surface area (Å²) in [6.45, 7) is 8.25. The van der Waals surface area contributed by atoms with E-state index >= 15 is 0 Å². The monoisotopic (exact) mass is 278 g/mol. The number of anilines is 1. The van der Waals surface area contributed by atoms with Gasteiger partial charge in [-0.05, 0) is 17.4 Å². The number of amides is 1. The minimum Gasteiger partial charge on any atom is -0.360 e. The van der Waals surface area contributed by atoms with E-state index in [1.165, 1.54) is 0 Å². The van der Waals surface area contributed by atoms with Gasteiger partial charge in [-0.15, -0.1) is 5.10 Å². The number of aromatic nitrogens is 5. The van der Waals surface area contributed by atoms with E-state index in [0.717, 1.165) is 5.82 Å². The largest absolute Gasteiger partial charge is 0.360 e. The molecule has 8 heteroatoms. The summed E-state index contributed by atoms with van der Waals surface area (Å²) in [5.74, 6) is 1.66. The van der Waals surface area contributed by atoms with E-state index < -0.39 is 0 Å². The molecule has 0 fully saturated rings. The quantitative estimate of drug-likeness (QED) is 0.904. The van der Waals surface area contributed by atoms with Crippen molar-refractivity contribution in [2.45, 2.75) is 46.1 Å². The highest BCUT2D eigenvalue weighted by molar-refractivity contribution is 5.89. The molecule has 0 aliphatic carbocycles. The number of tetrazole rings is 1. The molecular weight excluding hydrogens is 260 g/mol. The average molecular weight is 278 g/mol. The lowest BCUT2D eigenvalue weighted by Crippen LogP contribution is -2.22. The highest BCUT2D eigenvalue weighted by atomic mass is 16.5. The van der Waals surface area contributed by atoms with Gasteiger partial charge >= 0.3 is 0 Å². The predicted molar refractivity (Wildman–Crippen MR) is 71.0 cm³/mol. The summed E-state index contributed by atoms with van der Waals surface area (Å²) in [5, 5.41) is 17.9. The summed E-state index contributed by atoms with van der Waals surface area (Å²) in [5.41, 5.74) is -0.163. The third-order valence-corrected chi connectivity index (χ3v) is 2.65. The van der Waals surface area contributed by atoms with Gasteiger partial charge in [0, 0.05) is 17.9 Å². The number of nitrogens with one attached hydrogen (secondary N) is 1. The van der Waals surface area contributed by atoms with Gasteiger partial charge in [0.2, 0.25) is 5.91 Å². The van der Waals surface area contributed by atoms with E-state index in [1.54, 1.807) is 17.7 Å². The van der Waals surface area contributed by atoms with Crippen molar-refractivity contribution >= 4 is 11.7 Å². The number of hydrogen-bond acceptors (Lipinski definition) is 6. The van der Waals surface area contributed by atoms with Crippen molar-refractivity contribution in [3.63, 3.8) is 0 Å². The molecule has 0 unspecified atom stereocenters.